The average molecular weight is 349 g/mol. The molecule has 0 aliphatic heterocycles. The van der Waals surface area contributed by atoms with Crippen LogP contribution in [0.3, 0.4) is 0 Å². The van der Waals surface area contributed by atoms with E-state index in [9.17, 15) is 4.79 Å². The summed E-state index contributed by atoms with van der Waals surface area (Å²) in [5.41, 5.74) is 4.21. The van der Waals surface area contributed by atoms with Crippen LogP contribution in [0.5, 0.6) is 0 Å². The number of fused-ring (bicyclic) bond motifs is 1. The molecule has 1 aromatic heterocycles. The lowest BCUT2D eigenvalue weighted by Gasteiger charge is -2.20. The van der Waals surface area contributed by atoms with Crippen molar-refractivity contribution in [2.45, 2.75) is 13.8 Å². The highest BCUT2D eigenvalue weighted by Crippen LogP contribution is 2.19. The van der Waals surface area contributed by atoms with Crippen LogP contribution < -0.4 is 4.90 Å². The number of anilines is 1. The van der Waals surface area contributed by atoms with E-state index in [4.69, 9.17) is 4.74 Å². The minimum absolute atomic E-state index is 0.385. The van der Waals surface area contributed by atoms with Crippen molar-refractivity contribution in [2.24, 2.45) is 0 Å². The van der Waals surface area contributed by atoms with Crippen molar-refractivity contribution < 1.29 is 9.53 Å². The Morgan fingerprint density at radius 3 is 2.50 bits per heavy atom. The van der Waals surface area contributed by atoms with Gasteiger partial charge in [-0.05, 0) is 49.8 Å². The van der Waals surface area contributed by atoms with E-state index in [0.29, 0.717) is 16.9 Å². The summed E-state index contributed by atoms with van der Waals surface area (Å²) in [6.45, 7) is 6.29. The quantitative estimate of drug-likeness (QED) is 0.672. The zero-order chi connectivity index (χ0) is 18.5. The van der Waals surface area contributed by atoms with E-state index >= 15 is 0 Å². The summed E-state index contributed by atoms with van der Waals surface area (Å²) in [5.74, 6) is 0.314. The first kappa shape index (κ1) is 17.7. The van der Waals surface area contributed by atoms with E-state index in [1.54, 1.807) is 6.07 Å². The van der Waals surface area contributed by atoms with Crippen LogP contribution in [-0.2, 0) is 4.74 Å². The maximum Gasteiger partial charge on any atom is 0.340 e. The molecule has 3 rings (SSSR count). The van der Waals surface area contributed by atoms with Crippen LogP contribution in [0.25, 0.3) is 23.2 Å². The summed E-state index contributed by atoms with van der Waals surface area (Å²) < 4.78 is 4.82. The Morgan fingerprint density at radius 2 is 1.85 bits per heavy atom. The van der Waals surface area contributed by atoms with E-state index in [1.807, 2.05) is 24.3 Å². The smallest absolute Gasteiger partial charge is 0.340 e. The second-order valence-electron chi connectivity index (χ2n) is 5.91. The molecule has 0 atom stereocenters. The van der Waals surface area contributed by atoms with Crippen LogP contribution >= 0.6 is 0 Å². The van der Waals surface area contributed by atoms with Gasteiger partial charge in [-0.2, -0.15) is 0 Å². The van der Waals surface area contributed by atoms with Crippen LogP contribution in [0.1, 0.15) is 35.6 Å². The fraction of sp³-hybridized carbons (Fsp3) is 0.238. The molecule has 0 bridgehead atoms. The lowest BCUT2D eigenvalue weighted by Crippen LogP contribution is -2.21. The van der Waals surface area contributed by atoms with Gasteiger partial charge < -0.3 is 14.6 Å². The molecule has 26 heavy (non-hydrogen) atoms. The molecule has 0 amide bonds. The lowest BCUT2D eigenvalue weighted by molar-refractivity contribution is 0.0603. The normalized spacial score (nSPS) is 11.2. The Balaban J connectivity index is 1.83. The molecule has 134 valence electrons. The van der Waals surface area contributed by atoms with Crippen LogP contribution in [0.15, 0.2) is 42.5 Å². The monoisotopic (exact) mass is 349 g/mol. The van der Waals surface area contributed by atoms with Crippen LogP contribution in [-0.4, -0.2) is 36.1 Å². The van der Waals surface area contributed by atoms with Gasteiger partial charge in [0.25, 0.3) is 0 Å². The average Bonchev–Trinajstić information content (AvgIpc) is 3.10. The summed E-state index contributed by atoms with van der Waals surface area (Å²) in [6.07, 6.45) is 3.91. The van der Waals surface area contributed by atoms with Gasteiger partial charge in [0.2, 0.25) is 0 Å². The Morgan fingerprint density at radius 1 is 1.12 bits per heavy atom. The van der Waals surface area contributed by atoms with Gasteiger partial charge in [-0.1, -0.05) is 24.3 Å². The molecule has 5 nitrogen and oxygen atoms in total. The number of ether oxygens (including phenoxy) is 1. The first-order valence-electron chi connectivity index (χ1n) is 8.76. The van der Waals surface area contributed by atoms with Gasteiger partial charge in [0.15, 0.2) is 0 Å². The van der Waals surface area contributed by atoms with Gasteiger partial charge in [0, 0.05) is 18.8 Å². The second kappa shape index (κ2) is 7.87. The van der Waals surface area contributed by atoms with Gasteiger partial charge in [0.05, 0.1) is 18.2 Å². The highest BCUT2D eigenvalue weighted by molar-refractivity contribution is 6.02. The summed E-state index contributed by atoms with van der Waals surface area (Å²) in [7, 11) is 1.37. The van der Waals surface area contributed by atoms with Crippen molar-refractivity contribution in [1.82, 2.24) is 9.97 Å². The predicted molar refractivity (Wildman–Crippen MR) is 106 cm³/mol. The second-order valence-corrected chi connectivity index (χ2v) is 5.91. The minimum atomic E-state index is -0.385. The molecule has 0 aliphatic rings. The first-order chi connectivity index (χ1) is 12.7. The fourth-order valence-electron chi connectivity index (χ4n) is 2.96. The fourth-order valence-corrected chi connectivity index (χ4v) is 2.96. The molecule has 0 unspecified atom stereocenters. The predicted octanol–water partition coefficient (Wildman–Crippen LogP) is 4.37. The number of methoxy groups -OCH3 is 1. The maximum absolute atomic E-state index is 11.9. The molecule has 0 radical (unpaired) electrons. The molecule has 1 N–H and O–H groups in total. The number of aromatic nitrogens is 2. The molecule has 5 heteroatoms. The van der Waals surface area contributed by atoms with Crippen molar-refractivity contribution in [3.8, 4) is 0 Å². The van der Waals surface area contributed by atoms with Crippen molar-refractivity contribution in [3.05, 3.63) is 59.4 Å². The highest BCUT2D eigenvalue weighted by Gasteiger charge is 2.12. The van der Waals surface area contributed by atoms with Gasteiger partial charge in [-0.3, -0.25) is 0 Å². The van der Waals surface area contributed by atoms with E-state index < -0.39 is 0 Å². The summed E-state index contributed by atoms with van der Waals surface area (Å²) in [6, 6.07) is 13.9. The number of benzene rings is 2. The summed E-state index contributed by atoms with van der Waals surface area (Å²) in [4.78, 5) is 21.9. The van der Waals surface area contributed by atoms with E-state index in [1.165, 1.54) is 12.8 Å². The van der Waals surface area contributed by atoms with Crippen LogP contribution in [0.2, 0.25) is 0 Å². The molecular formula is C21H23N3O2. The van der Waals surface area contributed by atoms with E-state index in [2.05, 4.69) is 53.0 Å². The largest absolute Gasteiger partial charge is 0.465 e. The Bertz CT molecular complexity index is 922. The number of rotatable bonds is 6. The number of hydrogen-bond acceptors (Lipinski definition) is 4. The van der Waals surface area contributed by atoms with Crippen molar-refractivity contribution in [2.75, 3.05) is 25.1 Å². The number of imidazole rings is 1. The van der Waals surface area contributed by atoms with E-state index in [-0.39, 0.29) is 5.97 Å². The molecule has 0 spiro atoms. The van der Waals surface area contributed by atoms with Gasteiger partial charge in [-0.25, -0.2) is 9.78 Å². The van der Waals surface area contributed by atoms with Crippen LogP contribution in [0, 0.1) is 0 Å². The van der Waals surface area contributed by atoms with E-state index in [0.717, 1.165) is 24.2 Å². The van der Waals surface area contributed by atoms with Crippen LogP contribution in [0.4, 0.5) is 5.69 Å². The third-order valence-corrected chi connectivity index (χ3v) is 4.39. The molecule has 1 heterocycles. The van der Waals surface area contributed by atoms with Gasteiger partial charge >= 0.3 is 5.97 Å². The summed E-state index contributed by atoms with van der Waals surface area (Å²) in [5, 5.41) is 0. The number of nitrogens with zero attached hydrogens (tertiary/aromatic N) is 2. The summed E-state index contributed by atoms with van der Waals surface area (Å²) >= 11 is 0. The standard InChI is InChI=1S/C21H23N3O2/c1-4-24(5-2)16-12-9-15(10-13-16)11-14-19-22-18-8-6-7-17(20(18)23-19)21(25)26-3/h6-14H,4-5H2,1-3H3,(H,22,23). The van der Waals surface area contributed by atoms with Gasteiger partial charge in [-0.15, -0.1) is 0 Å². The zero-order valence-corrected chi connectivity index (χ0v) is 15.3. The molecule has 0 aliphatic carbocycles. The number of para-hydroxylation sites is 1. The highest BCUT2D eigenvalue weighted by atomic mass is 16.5. The topological polar surface area (TPSA) is 58.2 Å². The molecule has 2 aromatic carbocycles. The molecule has 0 fully saturated rings. The maximum atomic E-state index is 11.9. The molecule has 3 aromatic rings. The minimum Gasteiger partial charge on any atom is -0.465 e. The van der Waals surface area contributed by atoms with Crippen molar-refractivity contribution in [3.63, 3.8) is 0 Å². The molecule has 0 saturated carbocycles. The van der Waals surface area contributed by atoms with Crippen molar-refractivity contribution >= 4 is 34.8 Å². The Kier molecular flexibility index (Phi) is 5.37. The number of nitrogens with one attached hydrogen (secondary N) is 1. The number of hydrogen-bond donors (Lipinski definition) is 1. The number of esters is 1. The Hall–Kier alpha value is -3.08. The zero-order valence-electron chi connectivity index (χ0n) is 15.3. The number of carbonyl (C=O) groups excluding carboxylic acids is 1. The molecule has 0 saturated heterocycles. The van der Waals surface area contributed by atoms with Gasteiger partial charge in [0.1, 0.15) is 11.3 Å². The Labute approximate surface area is 153 Å². The third kappa shape index (κ3) is 3.61. The number of aromatic amines is 1. The lowest BCUT2D eigenvalue weighted by atomic mass is 10.2. The molecular weight excluding hydrogens is 326 g/mol. The third-order valence-electron chi connectivity index (χ3n) is 4.39. The first-order valence-corrected chi connectivity index (χ1v) is 8.76. The number of carbonyl (C=O) groups is 1. The SMILES string of the molecule is CCN(CC)c1ccc(C=Cc2nc3c(C(=O)OC)cccc3[nH]2)cc1. The number of H-pyrrole nitrogens is 1. The van der Waals surface area contributed by atoms with Crippen molar-refractivity contribution in [1.29, 1.82) is 0 Å².